The third kappa shape index (κ3) is 2.98. The van der Waals surface area contributed by atoms with E-state index >= 15 is 0 Å². The van der Waals surface area contributed by atoms with Gasteiger partial charge in [0.15, 0.2) is 0 Å². The van der Waals surface area contributed by atoms with E-state index in [9.17, 15) is 4.79 Å². The van der Waals surface area contributed by atoms with Gasteiger partial charge in [0.25, 0.3) is 0 Å². The first-order chi connectivity index (χ1) is 10.5. The zero-order chi connectivity index (χ0) is 15.7. The number of fused-ring (bicyclic) bond motifs is 1. The van der Waals surface area contributed by atoms with Crippen molar-refractivity contribution in [2.75, 3.05) is 16.8 Å². The van der Waals surface area contributed by atoms with Gasteiger partial charge in [0.2, 0.25) is 5.91 Å². The Morgan fingerprint density at radius 3 is 2.59 bits per heavy atom. The highest BCUT2D eigenvalue weighted by atomic mass is 16.2. The molecule has 0 saturated heterocycles. The fourth-order valence-electron chi connectivity index (χ4n) is 3.27. The molecule has 0 aromatic heterocycles. The first-order valence-corrected chi connectivity index (χ1v) is 7.75. The zero-order valence-corrected chi connectivity index (χ0v) is 13.4. The number of aryl methyl sites for hydroxylation is 2. The lowest BCUT2D eigenvalue weighted by molar-refractivity contribution is -0.115. The number of rotatable bonds is 3. The summed E-state index contributed by atoms with van der Waals surface area (Å²) in [6.07, 6.45) is 1.01. The van der Waals surface area contributed by atoms with Gasteiger partial charge < -0.3 is 10.2 Å². The van der Waals surface area contributed by atoms with Gasteiger partial charge in [-0.05, 0) is 62.1 Å². The summed E-state index contributed by atoms with van der Waals surface area (Å²) in [5.74, 6) is 0.0357. The minimum atomic E-state index is 0.0357. The van der Waals surface area contributed by atoms with E-state index < -0.39 is 0 Å². The van der Waals surface area contributed by atoms with Crippen molar-refractivity contribution in [2.24, 2.45) is 0 Å². The van der Waals surface area contributed by atoms with Crippen molar-refractivity contribution < 1.29 is 4.79 Å². The number of benzene rings is 2. The molecule has 3 nitrogen and oxygen atoms in total. The molecule has 1 aliphatic heterocycles. The summed E-state index contributed by atoms with van der Waals surface area (Å²) in [5, 5.41) is 3.02. The average Bonchev–Trinajstić information content (AvgIpc) is 2.74. The second kappa shape index (κ2) is 5.84. The SMILES string of the molecule is Cc1cc(C)cc(NC(=O)CN2c3ccccc3CC2C)c1. The number of hydrogen-bond donors (Lipinski definition) is 1. The topological polar surface area (TPSA) is 32.3 Å². The number of nitrogens with zero attached hydrogens (tertiary/aromatic N) is 1. The Labute approximate surface area is 132 Å². The van der Waals surface area contributed by atoms with Gasteiger partial charge in [-0.15, -0.1) is 0 Å². The van der Waals surface area contributed by atoms with E-state index in [1.54, 1.807) is 0 Å². The lowest BCUT2D eigenvalue weighted by Crippen LogP contribution is -2.37. The Bertz CT molecular complexity index is 688. The first kappa shape index (κ1) is 14.6. The van der Waals surface area contributed by atoms with Gasteiger partial charge >= 0.3 is 0 Å². The molecule has 3 heteroatoms. The molecule has 2 aromatic carbocycles. The third-order valence-corrected chi connectivity index (χ3v) is 4.17. The van der Waals surface area contributed by atoms with Gasteiger partial charge in [-0.2, -0.15) is 0 Å². The van der Waals surface area contributed by atoms with Crippen molar-refractivity contribution in [3.8, 4) is 0 Å². The predicted octanol–water partition coefficient (Wildman–Crippen LogP) is 3.69. The van der Waals surface area contributed by atoms with Crippen molar-refractivity contribution in [1.29, 1.82) is 0 Å². The van der Waals surface area contributed by atoms with E-state index in [1.165, 1.54) is 11.3 Å². The number of amides is 1. The molecule has 1 unspecified atom stereocenters. The van der Waals surface area contributed by atoms with Crippen LogP contribution in [0.2, 0.25) is 0 Å². The highest BCUT2D eigenvalue weighted by molar-refractivity contribution is 5.94. The number of carbonyl (C=O) groups is 1. The lowest BCUT2D eigenvalue weighted by atomic mass is 10.1. The summed E-state index contributed by atoms with van der Waals surface area (Å²) in [4.78, 5) is 14.6. The van der Waals surface area contributed by atoms with Gasteiger partial charge in [0.1, 0.15) is 0 Å². The molecule has 1 amide bonds. The largest absolute Gasteiger partial charge is 0.359 e. The Kier molecular flexibility index (Phi) is 3.88. The van der Waals surface area contributed by atoms with E-state index in [1.807, 2.05) is 32.0 Å². The number of nitrogens with one attached hydrogen (secondary N) is 1. The Hall–Kier alpha value is -2.29. The fourth-order valence-corrected chi connectivity index (χ4v) is 3.27. The molecule has 0 radical (unpaired) electrons. The monoisotopic (exact) mass is 294 g/mol. The predicted molar refractivity (Wildman–Crippen MR) is 91.5 cm³/mol. The minimum absolute atomic E-state index is 0.0357. The molecule has 1 N–H and O–H groups in total. The molecule has 0 saturated carbocycles. The lowest BCUT2D eigenvalue weighted by Gasteiger charge is -2.24. The fraction of sp³-hybridized carbons (Fsp3) is 0.316. The van der Waals surface area contributed by atoms with Crippen molar-refractivity contribution in [3.63, 3.8) is 0 Å². The van der Waals surface area contributed by atoms with Gasteiger partial charge in [0.05, 0.1) is 6.54 Å². The van der Waals surface area contributed by atoms with E-state index in [4.69, 9.17) is 0 Å². The molecule has 0 aliphatic carbocycles. The van der Waals surface area contributed by atoms with Crippen LogP contribution in [0.4, 0.5) is 11.4 Å². The van der Waals surface area contributed by atoms with Gasteiger partial charge in [-0.25, -0.2) is 0 Å². The van der Waals surface area contributed by atoms with E-state index in [-0.39, 0.29) is 5.91 Å². The van der Waals surface area contributed by atoms with E-state index in [0.29, 0.717) is 12.6 Å². The molecule has 0 bridgehead atoms. The zero-order valence-electron chi connectivity index (χ0n) is 13.4. The standard InChI is InChI=1S/C19H22N2O/c1-13-8-14(2)10-17(9-13)20-19(22)12-21-15(3)11-16-6-4-5-7-18(16)21/h4-10,15H,11-12H2,1-3H3,(H,20,22). The summed E-state index contributed by atoms with van der Waals surface area (Å²) in [5.41, 5.74) is 5.72. The Balaban J connectivity index is 1.72. The molecule has 3 rings (SSSR count). The molecule has 22 heavy (non-hydrogen) atoms. The maximum Gasteiger partial charge on any atom is 0.243 e. The second-order valence-corrected chi connectivity index (χ2v) is 6.23. The van der Waals surface area contributed by atoms with Gasteiger partial charge in [-0.3, -0.25) is 4.79 Å². The van der Waals surface area contributed by atoms with Crippen molar-refractivity contribution >= 4 is 17.3 Å². The van der Waals surface area contributed by atoms with Crippen LogP contribution in [0.5, 0.6) is 0 Å². The van der Waals surface area contributed by atoms with Crippen LogP contribution in [0.15, 0.2) is 42.5 Å². The molecule has 114 valence electrons. The first-order valence-electron chi connectivity index (χ1n) is 7.75. The summed E-state index contributed by atoms with van der Waals surface area (Å²) in [6.45, 7) is 6.65. The Morgan fingerprint density at radius 1 is 1.18 bits per heavy atom. The van der Waals surface area contributed by atoms with Crippen LogP contribution in [0.3, 0.4) is 0 Å². The molecule has 0 spiro atoms. The average molecular weight is 294 g/mol. The highest BCUT2D eigenvalue weighted by Crippen LogP contribution is 2.31. The maximum atomic E-state index is 12.4. The van der Waals surface area contributed by atoms with Gasteiger partial charge in [0, 0.05) is 17.4 Å². The number of para-hydroxylation sites is 1. The summed E-state index contributed by atoms with van der Waals surface area (Å²) in [7, 11) is 0. The molecule has 1 atom stereocenters. The number of anilines is 2. The highest BCUT2D eigenvalue weighted by Gasteiger charge is 2.26. The third-order valence-electron chi connectivity index (χ3n) is 4.17. The molecule has 1 heterocycles. The van der Waals surface area contributed by atoms with Crippen LogP contribution in [0.1, 0.15) is 23.6 Å². The smallest absolute Gasteiger partial charge is 0.243 e. The van der Waals surface area contributed by atoms with Crippen LogP contribution in [0, 0.1) is 13.8 Å². The van der Waals surface area contributed by atoms with Crippen LogP contribution in [0.25, 0.3) is 0 Å². The molecular weight excluding hydrogens is 272 g/mol. The summed E-state index contributed by atoms with van der Waals surface area (Å²) >= 11 is 0. The van der Waals surface area contributed by atoms with Crippen LogP contribution in [-0.4, -0.2) is 18.5 Å². The minimum Gasteiger partial charge on any atom is -0.359 e. The second-order valence-electron chi connectivity index (χ2n) is 6.23. The van der Waals surface area contributed by atoms with E-state index in [0.717, 1.165) is 23.2 Å². The van der Waals surface area contributed by atoms with Crippen LogP contribution < -0.4 is 10.2 Å². The Morgan fingerprint density at radius 2 is 1.86 bits per heavy atom. The summed E-state index contributed by atoms with van der Waals surface area (Å²) in [6, 6.07) is 14.8. The molecule has 2 aromatic rings. The van der Waals surface area contributed by atoms with Crippen molar-refractivity contribution in [2.45, 2.75) is 33.2 Å². The van der Waals surface area contributed by atoms with Crippen molar-refractivity contribution in [1.82, 2.24) is 0 Å². The number of carbonyl (C=O) groups excluding carboxylic acids is 1. The van der Waals surface area contributed by atoms with Gasteiger partial charge in [-0.1, -0.05) is 24.3 Å². The van der Waals surface area contributed by atoms with Crippen LogP contribution in [-0.2, 0) is 11.2 Å². The molecular formula is C19H22N2O. The van der Waals surface area contributed by atoms with Crippen molar-refractivity contribution in [3.05, 3.63) is 59.2 Å². The molecule has 1 aliphatic rings. The quantitative estimate of drug-likeness (QED) is 0.936. The van der Waals surface area contributed by atoms with E-state index in [2.05, 4.69) is 41.4 Å². The van der Waals surface area contributed by atoms with Crippen LogP contribution >= 0.6 is 0 Å². The maximum absolute atomic E-state index is 12.4. The normalized spacial score (nSPS) is 16.5. The number of hydrogen-bond acceptors (Lipinski definition) is 2. The summed E-state index contributed by atoms with van der Waals surface area (Å²) < 4.78 is 0. The molecule has 0 fully saturated rings.